The molecule has 0 fully saturated rings. The van der Waals surface area contributed by atoms with Gasteiger partial charge in [-0.1, -0.05) is 34.1 Å². The standard InChI is InChI=1S/C20H17Br2N3O2/c21-16-5-8-18(22)19(10-16)25-20(26)24-12-14-3-6-17(7-4-14)27-13-15-2-1-9-23-11-15/h1-11H,12-13H2,(H2,24,25,26). The van der Waals surface area contributed by atoms with Gasteiger partial charge in [0.25, 0.3) is 0 Å². The summed E-state index contributed by atoms with van der Waals surface area (Å²) in [5.41, 5.74) is 2.69. The van der Waals surface area contributed by atoms with Crippen LogP contribution in [-0.4, -0.2) is 11.0 Å². The summed E-state index contributed by atoms with van der Waals surface area (Å²) in [7, 11) is 0. The lowest BCUT2D eigenvalue weighted by atomic mass is 10.2. The molecule has 0 saturated heterocycles. The number of carbonyl (C=O) groups excluding carboxylic acids is 1. The number of carbonyl (C=O) groups is 1. The molecule has 0 aliphatic carbocycles. The van der Waals surface area contributed by atoms with Crippen molar-refractivity contribution < 1.29 is 9.53 Å². The third-order valence-electron chi connectivity index (χ3n) is 3.68. The van der Waals surface area contributed by atoms with E-state index in [1.165, 1.54) is 0 Å². The summed E-state index contributed by atoms with van der Waals surface area (Å²) in [4.78, 5) is 16.1. The second-order valence-electron chi connectivity index (χ2n) is 5.73. The number of halogens is 2. The maximum atomic E-state index is 12.1. The van der Waals surface area contributed by atoms with Crippen LogP contribution in [0.25, 0.3) is 0 Å². The molecule has 1 heterocycles. The van der Waals surface area contributed by atoms with E-state index in [9.17, 15) is 4.79 Å². The molecule has 0 saturated carbocycles. The van der Waals surface area contributed by atoms with E-state index in [2.05, 4.69) is 47.5 Å². The highest BCUT2D eigenvalue weighted by atomic mass is 79.9. The van der Waals surface area contributed by atoms with Crippen LogP contribution in [0, 0.1) is 0 Å². The van der Waals surface area contributed by atoms with E-state index in [0.29, 0.717) is 18.8 Å². The van der Waals surface area contributed by atoms with Crippen LogP contribution in [0.15, 0.2) is 75.9 Å². The molecule has 0 radical (unpaired) electrons. The van der Waals surface area contributed by atoms with E-state index >= 15 is 0 Å². The Bertz CT molecular complexity index is 903. The van der Waals surface area contributed by atoms with Gasteiger partial charge < -0.3 is 15.4 Å². The third kappa shape index (κ3) is 6.08. The number of ether oxygens (including phenoxy) is 1. The van der Waals surface area contributed by atoms with E-state index in [0.717, 1.165) is 25.8 Å². The number of hydrogen-bond acceptors (Lipinski definition) is 3. The molecular weight excluding hydrogens is 474 g/mol. The Kier molecular flexibility index (Phi) is 6.84. The van der Waals surface area contributed by atoms with E-state index < -0.39 is 0 Å². The van der Waals surface area contributed by atoms with Gasteiger partial charge in [0.05, 0.1) is 5.69 Å². The van der Waals surface area contributed by atoms with Crippen molar-refractivity contribution in [2.24, 2.45) is 0 Å². The Balaban J connectivity index is 1.48. The van der Waals surface area contributed by atoms with Crippen LogP contribution in [0.4, 0.5) is 10.5 Å². The lowest BCUT2D eigenvalue weighted by molar-refractivity contribution is 0.251. The van der Waals surface area contributed by atoms with E-state index in [1.807, 2.05) is 54.6 Å². The summed E-state index contributed by atoms with van der Waals surface area (Å²) in [6.07, 6.45) is 3.51. The van der Waals surface area contributed by atoms with Crippen molar-refractivity contribution in [3.63, 3.8) is 0 Å². The lowest BCUT2D eigenvalue weighted by Gasteiger charge is -2.10. The average molecular weight is 491 g/mol. The quantitative estimate of drug-likeness (QED) is 0.479. The second kappa shape index (κ2) is 9.53. The Morgan fingerprint density at radius 2 is 1.85 bits per heavy atom. The number of nitrogens with one attached hydrogen (secondary N) is 2. The van der Waals surface area contributed by atoms with Gasteiger partial charge in [0.15, 0.2) is 0 Å². The van der Waals surface area contributed by atoms with Crippen LogP contribution in [0.5, 0.6) is 5.75 Å². The molecule has 3 aromatic rings. The third-order valence-corrected chi connectivity index (χ3v) is 4.87. The van der Waals surface area contributed by atoms with Gasteiger partial charge in [0.2, 0.25) is 0 Å². The van der Waals surface area contributed by atoms with Crippen molar-refractivity contribution >= 4 is 43.6 Å². The van der Waals surface area contributed by atoms with Crippen LogP contribution >= 0.6 is 31.9 Å². The second-order valence-corrected chi connectivity index (χ2v) is 7.50. The fraction of sp³-hybridized carbons (Fsp3) is 0.100. The molecule has 7 heteroatoms. The molecule has 2 aromatic carbocycles. The summed E-state index contributed by atoms with van der Waals surface area (Å²) in [5.74, 6) is 0.769. The largest absolute Gasteiger partial charge is 0.489 e. The smallest absolute Gasteiger partial charge is 0.319 e. The van der Waals surface area contributed by atoms with Crippen LogP contribution in [0.1, 0.15) is 11.1 Å². The van der Waals surface area contributed by atoms with Crippen LogP contribution in [-0.2, 0) is 13.2 Å². The highest BCUT2D eigenvalue weighted by Gasteiger charge is 2.06. The van der Waals surface area contributed by atoms with Gasteiger partial charge in [-0.05, 0) is 57.9 Å². The highest BCUT2D eigenvalue weighted by Crippen LogP contribution is 2.26. The minimum atomic E-state index is -0.272. The molecule has 0 unspecified atom stereocenters. The molecule has 1 aromatic heterocycles. The van der Waals surface area contributed by atoms with Gasteiger partial charge in [-0.25, -0.2) is 4.79 Å². The summed E-state index contributed by atoms with van der Waals surface area (Å²) < 4.78 is 7.43. The molecule has 5 nitrogen and oxygen atoms in total. The van der Waals surface area contributed by atoms with Gasteiger partial charge >= 0.3 is 6.03 Å². The predicted octanol–water partition coefficient (Wildman–Crippen LogP) is 5.51. The number of rotatable bonds is 6. The van der Waals surface area contributed by atoms with E-state index in [4.69, 9.17) is 4.74 Å². The van der Waals surface area contributed by atoms with Crippen molar-refractivity contribution in [2.75, 3.05) is 5.32 Å². The first-order valence-electron chi connectivity index (χ1n) is 8.21. The average Bonchev–Trinajstić information content (AvgIpc) is 2.69. The molecule has 0 bridgehead atoms. The van der Waals surface area contributed by atoms with Crippen LogP contribution in [0.2, 0.25) is 0 Å². The highest BCUT2D eigenvalue weighted by molar-refractivity contribution is 9.11. The van der Waals surface area contributed by atoms with Gasteiger partial charge in [0, 0.05) is 33.4 Å². The summed E-state index contributed by atoms with van der Waals surface area (Å²) >= 11 is 6.80. The van der Waals surface area contributed by atoms with Crippen molar-refractivity contribution in [1.29, 1.82) is 0 Å². The SMILES string of the molecule is O=C(NCc1ccc(OCc2cccnc2)cc1)Nc1cc(Br)ccc1Br. The Hall–Kier alpha value is -2.38. The number of nitrogens with zero attached hydrogens (tertiary/aromatic N) is 1. The fourth-order valence-corrected chi connectivity index (χ4v) is 3.00. The van der Waals surface area contributed by atoms with Gasteiger partial charge in [0.1, 0.15) is 12.4 Å². The number of anilines is 1. The van der Waals surface area contributed by atoms with Crippen molar-refractivity contribution in [3.05, 3.63) is 87.1 Å². The zero-order chi connectivity index (χ0) is 19.1. The Morgan fingerprint density at radius 3 is 2.59 bits per heavy atom. The maximum Gasteiger partial charge on any atom is 0.319 e. The monoisotopic (exact) mass is 489 g/mol. The van der Waals surface area contributed by atoms with Gasteiger partial charge in [-0.15, -0.1) is 0 Å². The van der Waals surface area contributed by atoms with Crippen LogP contribution in [0.3, 0.4) is 0 Å². The molecule has 0 aliphatic rings. The fourth-order valence-electron chi connectivity index (χ4n) is 2.30. The summed E-state index contributed by atoms with van der Waals surface area (Å²) in [6.45, 7) is 0.885. The first-order chi connectivity index (χ1) is 13.1. The Morgan fingerprint density at radius 1 is 1.04 bits per heavy atom. The summed E-state index contributed by atoms with van der Waals surface area (Å²) in [5, 5.41) is 5.65. The minimum Gasteiger partial charge on any atom is -0.489 e. The molecular formula is C20H17Br2N3O2. The number of benzene rings is 2. The lowest BCUT2D eigenvalue weighted by Crippen LogP contribution is -2.28. The molecule has 2 N–H and O–H groups in total. The zero-order valence-electron chi connectivity index (χ0n) is 14.3. The molecule has 2 amide bonds. The molecule has 0 atom stereocenters. The van der Waals surface area contributed by atoms with Gasteiger partial charge in [-0.3, -0.25) is 4.98 Å². The summed E-state index contributed by atoms with van der Waals surface area (Å²) in [6, 6.07) is 16.8. The molecule has 27 heavy (non-hydrogen) atoms. The van der Waals surface area contributed by atoms with Crippen LogP contribution < -0.4 is 15.4 Å². The number of pyridine rings is 1. The van der Waals surface area contributed by atoms with Gasteiger partial charge in [-0.2, -0.15) is 0 Å². The first-order valence-corrected chi connectivity index (χ1v) is 9.79. The molecule has 0 spiro atoms. The topological polar surface area (TPSA) is 63.2 Å². The first kappa shape index (κ1) is 19.4. The van der Waals surface area contributed by atoms with E-state index in [1.54, 1.807) is 12.4 Å². The minimum absolute atomic E-state index is 0.272. The molecule has 138 valence electrons. The zero-order valence-corrected chi connectivity index (χ0v) is 17.5. The van der Waals surface area contributed by atoms with Crippen molar-refractivity contribution in [1.82, 2.24) is 10.3 Å². The van der Waals surface area contributed by atoms with Crippen molar-refractivity contribution in [3.8, 4) is 5.75 Å². The number of hydrogen-bond donors (Lipinski definition) is 2. The molecule has 3 rings (SSSR count). The maximum absolute atomic E-state index is 12.1. The molecule has 0 aliphatic heterocycles. The number of urea groups is 1. The normalized spacial score (nSPS) is 10.3. The van der Waals surface area contributed by atoms with E-state index in [-0.39, 0.29) is 6.03 Å². The predicted molar refractivity (Wildman–Crippen MR) is 113 cm³/mol. The van der Waals surface area contributed by atoms with Crippen molar-refractivity contribution in [2.45, 2.75) is 13.2 Å². The Labute approximate surface area is 174 Å². The number of aromatic nitrogens is 1. The number of amides is 2.